The number of hydrogen-bond donors (Lipinski definition) is 0. The number of rotatable bonds is 9. The first kappa shape index (κ1) is 14.3. The van der Waals surface area contributed by atoms with Gasteiger partial charge in [-0.2, -0.15) is 0 Å². The first-order valence-corrected chi connectivity index (χ1v) is 7.21. The highest BCUT2D eigenvalue weighted by Gasteiger charge is 2.15. The van der Waals surface area contributed by atoms with Crippen molar-refractivity contribution in [2.24, 2.45) is 0 Å². The maximum atomic E-state index is 5.43. The van der Waals surface area contributed by atoms with E-state index in [2.05, 4.69) is 25.1 Å². The van der Waals surface area contributed by atoms with Gasteiger partial charge in [-0.25, -0.2) is 0 Å². The van der Waals surface area contributed by atoms with E-state index in [1.54, 1.807) is 0 Å². The van der Waals surface area contributed by atoms with Gasteiger partial charge in [-0.15, -0.1) is 0 Å². The van der Waals surface area contributed by atoms with Crippen LogP contribution in [0.5, 0.6) is 0 Å². The molecule has 2 nitrogen and oxygen atoms in total. The van der Waals surface area contributed by atoms with Crippen molar-refractivity contribution < 1.29 is 4.52 Å². The van der Waals surface area contributed by atoms with Gasteiger partial charge >= 0.3 is 0 Å². The van der Waals surface area contributed by atoms with Gasteiger partial charge in [0.1, 0.15) is 5.76 Å². The molecular formula is C15H27NO. The fraction of sp³-hybridized carbons (Fsp3) is 0.800. The molecule has 1 aromatic rings. The van der Waals surface area contributed by atoms with Crippen molar-refractivity contribution in [1.29, 1.82) is 0 Å². The molecule has 1 heterocycles. The Balaban J connectivity index is 2.42. The SMILES string of the molecule is CCCCCCC(CCCC)c1cc(C)no1. The minimum absolute atomic E-state index is 0.591. The molecule has 1 unspecified atom stereocenters. The molecule has 0 bridgehead atoms. The molecule has 0 saturated heterocycles. The Kier molecular flexibility index (Phi) is 6.99. The average Bonchev–Trinajstić information content (AvgIpc) is 2.75. The van der Waals surface area contributed by atoms with Gasteiger partial charge in [-0.3, -0.25) is 0 Å². The van der Waals surface area contributed by atoms with Crippen molar-refractivity contribution in [3.8, 4) is 0 Å². The summed E-state index contributed by atoms with van der Waals surface area (Å²) < 4.78 is 5.43. The lowest BCUT2D eigenvalue weighted by Crippen LogP contribution is -1.98. The van der Waals surface area contributed by atoms with Gasteiger partial charge in [0.05, 0.1) is 5.69 Å². The van der Waals surface area contributed by atoms with Gasteiger partial charge in [0.2, 0.25) is 0 Å². The van der Waals surface area contributed by atoms with Gasteiger partial charge in [0.15, 0.2) is 0 Å². The summed E-state index contributed by atoms with van der Waals surface area (Å²) in [6, 6.07) is 2.11. The average molecular weight is 237 g/mol. The molecule has 0 aliphatic rings. The van der Waals surface area contributed by atoms with Crippen LogP contribution in [0.3, 0.4) is 0 Å². The fourth-order valence-electron chi connectivity index (χ4n) is 2.27. The molecule has 17 heavy (non-hydrogen) atoms. The van der Waals surface area contributed by atoms with Crippen molar-refractivity contribution >= 4 is 0 Å². The van der Waals surface area contributed by atoms with E-state index >= 15 is 0 Å². The molecule has 1 atom stereocenters. The number of nitrogens with zero attached hydrogens (tertiary/aromatic N) is 1. The van der Waals surface area contributed by atoms with Crippen LogP contribution in [0.1, 0.15) is 82.6 Å². The van der Waals surface area contributed by atoms with E-state index in [0.29, 0.717) is 5.92 Å². The van der Waals surface area contributed by atoms with Crippen LogP contribution in [0.2, 0.25) is 0 Å². The number of aromatic nitrogens is 1. The van der Waals surface area contributed by atoms with Crippen LogP contribution in [0.15, 0.2) is 10.6 Å². The van der Waals surface area contributed by atoms with Crippen molar-refractivity contribution in [3.63, 3.8) is 0 Å². The molecule has 2 heteroatoms. The van der Waals surface area contributed by atoms with E-state index in [1.165, 1.54) is 51.4 Å². The molecule has 98 valence electrons. The van der Waals surface area contributed by atoms with Crippen molar-refractivity contribution in [3.05, 3.63) is 17.5 Å². The molecule has 1 rings (SSSR count). The smallest absolute Gasteiger partial charge is 0.140 e. The van der Waals surface area contributed by atoms with E-state index < -0.39 is 0 Å². The molecule has 0 aromatic carbocycles. The van der Waals surface area contributed by atoms with Crippen LogP contribution < -0.4 is 0 Å². The molecule has 0 fully saturated rings. The summed E-state index contributed by atoms with van der Waals surface area (Å²) in [5.74, 6) is 1.69. The standard InChI is InChI=1S/C15H27NO/c1-4-6-8-9-11-14(10-7-5-2)15-12-13(3)16-17-15/h12,14H,4-11H2,1-3H3. The summed E-state index contributed by atoms with van der Waals surface area (Å²) in [5, 5.41) is 4.02. The van der Waals surface area contributed by atoms with Crippen LogP contribution in [-0.2, 0) is 0 Å². The summed E-state index contributed by atoms with van der Waals surface area (Å²) in [7, 11) is 0. The maximum Gasteiger partial charge on any atom is 0.140 e. The highest BCUT2D eigenvalue weighted by molar-refractivity contribution is 5.08. The monoisotopic (exact) mass is 237 g/mol. The Morgan fingerprint density at radius 3 is 2.35 bits per heavy atom. The third kappa shape index (κ3) is 5.38. The van der Waals surface area contributed by atoms with E-state index in [9.17, 15) is 0 Å². The molecule has 0 saturated carbocycles. The number of aryl methyl sites for hydroxylation is 1. The Morgan fingerprint density at radius 2 is 1.76 bits per heavy atom. The first-order chi connectivity index (χ1) is 8.27. The Labute approximate surface area is 106 Å². The van der Waals surface area contributed by atoms with Gasteiger partial charge < -0.3 is 4.52 Å². The summed E-state index contributed by atoms with van der Waals surface area (Å²) in [6.45, 7) is 6.51. The highest BCUT2D eigenvalue weighted by Crippen LogP contribution is 2.28. The quantitative estimate of drug-likeness (QED) is 0.550. The van der Waals surface area contributed by atoms with Crippen LogP contribution in [0.4, 0.5) is 0 Å². The van der Waals surface area contributed by atoms with Gasteiger partial charge in [0, 0.05) is 12.0 Å². The predicted molar refractivity (Wildman–Crippen MR) is 72.3 cm³/mol. The summed E-state index contributed by atoms with van der Waals surface area (Å²) >= 11 is 0. The van der Waals surface area contributed by atoms with Gasteiger partial charge in [-0.1, -0.05) is 57.5 Å². The van der Waals surface area contributed by atoms with Crippen LogP contribution in [0.25, 0.3) is 0 Å². The van der Waals surface area contributed by atoms with Crippen molar-refractivity contribution in [1.82, 2.24) is 5.16 Å². The highest BCUT2D eigenvalue weighted by atomic mass is 16.5. The van der Waals surface area contributed by atoms with Crippen molar-refractivity contribution in [2.45, 2.75) is 78.1 Å². The molecule has 0 aliphatic heterocycles. The Bertz CT molecular complexity index is 293. The maximum absolute atomic E-state index is 5.43. The lowest BCUT2D eigenvalue weighted by Gasteiger charge is -2.12. The normalized spacial score (nSPS) is 12.9. The summed E-state index contributed by atoms with van der Waals surface area (Å²) in [5.41, 5.74) is 1.01. The van der Waals surface area contributed by atoms with Gasteiger partial charge in [0.25, 0.3) is 0 Å². The molecule has 0 radical (unpaired) electrons. The van der Waals surface area contributed by atoms with E-state index in [4.69, 9.17) is 4.52 Å². The second-order valence-electron chi connectivity index (χ2n) is 5.06. The van der Waals surface area contributed by atoms with Gasteiger partial charge in [-0.05, 0) is 19.8 Å². The molecule has 0 amide bonds. The predicted octanol–water partition coefficient (Wildman–Crippen LogP) is 5.23. The molecule has 0 spiro atoms. The minimum atomic E-state index is 0.591. The molecular weight excluding hydrogens is 210 g/mol. The van der Waals surface area contributed by atoms with Crippen LogP contribution >= 0.6 is 0 Å². The molecule has 0 N–H and O–H groups in total. The number of unbranched alkanes of at least 4 members (excludes halogenated alkanes) is 4. The molecule has 1 aromatic heterocycles. The lowest BCUT2D eigenvalue weighted by molar-refractivity contribution is 0.336. The third-order valence-corrected chi connectivity index (χ3v) is 3.36. The van der Waals surface area contributed by atoms with E-state index in [1.807, 2.05) is 6.92 Å². The Morgan fingerprint density at radius 1 is 1.06 bits per heavy atom. The zero-order chi connectivity index (χ0) is 12.5. The topological polar surface area (TPSA) is 26.0 Å². The largest absolute Gasteiger partial charge is 0.361 e. The minimum Gasteiger partial charge on any atom is -0.361 e. The van der Waals surface area contributed by atoms with Crippen LogP contribution in [-0.4, -0.2) is 5.16 Å². The van der Waals surface area contributed by atoms with E-state index in [-0.39, 0.29) is 0 Å². The zero-order valence-electron chi connectivity index (χ0n) is 11.7. The zero-order valence-corrected chi connectivity index (χ0v) is 11.7. The lowest BCUT2D eigenvalue weighted by atomic mass is 9.93. The second kappa shape index (κ2) is 8.32. The second-order valence-corrected chi connectivity index (χ2v) is 5.06. The van der Waals surface area contributed by atoms with Crippen molar-refractivity contribution in [2.75, 3.05) is 0 Å². The van der Waals surface area contributed by atoms with E-state index in [0.717, 1.165) is 11.5 Å². The summed E-state index contributed by atoms with van der Waals surface area (Å²) in [6.07, 6.45) is 10.4. The van der Waals surface area contributed by atoms with Crippen LogP contribution in [0, 0.1) is 6.92 Å². The summed E-state index contributed by atoms with van der Waals surface area (Å²) in [4.78, 5) is 0. The molecule has 0 aliphatic carbocycles. The Hall–Kier alpha value is -0.790. The first-order valence-electron chi connectivity index (χ1n) is 7.21. The number of hydrogen-bond acceptors (Lipinski definition) is 2. The third-order valence-electron chi connectivity index (χ3n) is 3.36. The fourth-order valence-corrected chi connectivity index (χ4v) is 2.27.